The van der Waals surface area contributed by atoms with Gasteiger partial charge in [-0.3, -0.25) is 0 Å². The van der Waals surface area contributed by atoms with E-state index in [9.17, 15) is 4.79 Å². The van der Waals surface area contributed by atoms with Crippen molar-refractivity contribution in [1.29, 1.82) is 0 Å². The van der Waals surface area contributed by atoms with Gasteiger partial charge in [0.15, 0.2) is 0 Å². The first kappa shape index (κ1) is 40.2. The fourth-order valence-electron chi connectivity index (χ4n) is 6.04. The van der Waals surface area contributed by atoms with Gasteiger partial charge >= 0.3 is 5.97 Å². The summed E-state index contributed by atoms with van der Waals surface area (Å²) < 4.78 is 7.33. The number of quaternary nitrogens is 2. The Kier molecular flexibility index (Phi) is 19.5. The Morgan fingerprint density at radius 1 is 0.763 bits per heavy atom. The first-order valence-corrected chi connectivity index (χ1v) is 14.8. The number of carbonyl (C=O) groups excluding carboxylic acids is 1. The number of rotatable bonds is 18. The quantitative estimate of drug-likeness (QED) is 0.100. The number of carbonyl (C=O) groups is 1. The molecule has 38 heavy (non-hydrogen) atoms. The van der Waals surface area contributed by atoms with Crippen LogP contribution < -0.4 is 39.3 Å². The van der Waals surface area contributed by atoms with Crippen LogP contribution in [0, 0.1) is 0 Å². The molecule has 0 unspecified atom stereocenters. The van der Waals surface area contributed by atoms with Crippen LogP contribution in [0.4, 0.5) is 0 Å². The van der Waals surface area contributed by atoms with Gasteiger partial charge in [0.1, 0.15) is 13.2 Å². The summed E-state index contributed by atoms with van der Waals surface area (Å²) in [5.41, 5.74) is 0.946. The molecule has 0 aliphatic carbocycles. The molecule has 1 heterocycles. The highest BCUT2D eigenvalue weighted by Gasteiger charge is 2.44. The van der Waals surface area contributed by atoms with Gasteiger partial charge in [-0.05, 0) is 60.3 Å². The molecule has 0 amide bonds. The van der Waals surface area contributed by atoms with Crippen molar-refractivity contribution in [2.24, 2.45) is 0 Å². The number of unbranched alkanes of at least 4 members (excludes halogenated alkanes) is 9. The summed E-state index contributed by atoms with van der Waals surface area (Å²) in [5.74, 6) is -0.275. The number of hydrogen-bond donors (Lipinski definition) is 1. The van der Waals surface area contributed by atoms with Crippen molar-refractivity contribution < 1.29 is 52.5 Å². The zero-order valence-electron chi connectivity index (χ0n) is 26.6. The van der Waals surface area contributed by atoms with Crippen LogP contribution >= 0.6 is 0 Å². The summed E-state index contributed by atoms with van der Waals surface area (Å²) >= 11 is 0. The number of halogens is 2. The van der Waals surface area contributed by atoms with E-state index < -0.39 is 0 Å². The highest BCUT2D eigenvalue weighted by molar-refractivity contribution is 5.86. The van der Waals surface area contributed by atoms with Crippen LogP contribution in [-0.4, -0.2) is 86.5 Å². The number of nitrogens with zero attached hydrogens (tertiary/aromatic N) is 2. The first-order valence-electron chi connectivity index (χ1n) is 14.8. The van der Waals surface area contributed by atoms with E-state index in [0.29, 0.717) is 12.2 Å². The molecule has 5 nitrogen and oxygen atoms in total. The molecular weight excluding hydrogens is 606 g/mol. The molecule has 228 valence electrons. The molecule has 0 radical (unpaired) electrons. The Morgan fingerprint density at radius 2 is 1.16 bits per heavy atom. The molecule has 1 rings (SSSR count). The maximum atomic E-state index is 11.5. The predicted molar refractivity (Wildman–Crippen MR) is 155 cm³/mol. The molecule has 0 aromatic carbocycles. The van der Waals surface area contributed by atoms with Crippen molar-refractivity contribution in [2.75, 3.05) is 54.4 Å². The summed E-state index contributed by atoms with van der Waals surface area (Å²) in [6.45, 7) is 18.6. The third kappa shape index (κ3) is 17.7. The lowest BCUT2D eigenvalue weighted by Gasteiger charge is -2.51. The largest absolute Gasteiger partial charge is 1.00 e. The Hall–Kier alpha value is 0.0500. The van der Waals surface area contributed by atoms with Crippen molar-refractivity contribution in [3.8, 4) is 0 Å². The Morgan fingerprint density at radius 3 is 1.58 bits per heavy atom. The van der Waals surface area contributed by atoms with Crippen LogP contribution in [0.2, 0.25) is 0 Å². The number of hydrogen-bond acceptors (Lipinski definition) is 3. The molecular formula is C31H63Br2N3O2. The maximum absolute atomic E-state index is 11.5. The number of likely N-dealkylation sites (N-methyl/N-ethyl adjacent to an activating group) is 1. The SMILES string of the molecule is C=C(C)C(=O)OCC[N+](C)(C)CCCCCCCCCCCC[N+](C)(C)C1CC(C)(C)NC(C)(C)C1.[Br-].[Br-]. The third-order valence-electron chi connectivity index (χ3n) is 8.18. The van der Waals surface area contributed by atoms with Gasteiger partial charge in [0.25, 0.3) is 0 Å². The second-order valence-corrected chi connectivity index (χ2v) is 14.3. The minimum absolute atomic E-state index is 0. The van der Waals surface area contributed by atoms with Gasteiger partial charge in [-0.25, -0.2) is 4.79 Å². The van der Waals surface area contributed by atoms with E-state index in [4.69, 9.17) is 4.74 Å². The molecule has 1 saturated heterocycles. The summed E-state index contributed by atoms with van der Waals surface area (Å²) in [6.07, 6.45) is 16.1. The molecule has 0 aromatic rings. The molecule has 1 aliphatic rings. The molecule has 1 fully saturated rings. The van der Waals surface area contributed by atoms with Crippen molar-refractivity contribution in [2.45, 2.75) is 129 Å². The monoisotopic (exact) mass is 667 g/mol. The van der Waals surface area contributed by atoms with Crippen molar-refractivity contribution in [3.63, 3.8) is 0 Å². The van der Waals surface area contributed by atoms with E-state index in [0.717, 1.165) is 23.6 Å². The van der Waals surface area contributed by atoms with Gasteiger partial charge in [0.2, 0.25) is 0 Å². The lowest BCUT2D eigenvalue weighted by molar-refractivity contribution is -0.917. The fraction of sp³-hybridized carbons (Fsp3) is 0.903. The van der Waals surface area contributed by atoms with Gasteiger partial charge in [-0.2, -0.15) is 0 Å². The number of nitrogens with one attached hydrogen (secondary N) is 1. The van der Waals surface area contributed by atoms with Gasteiger partial charge in [-0.15, -0.1) is 0 Å². The average Bonchev–Trinajstić information content (AvgIpc) is 2.72. The average molecular weight is 670 g/mol. The second kappa shape index (κ2) is 18.5. The highest BCUT2D eigenvalue weighted by atomic mass is 79.9. The van der Waals surface area contributed by atoms with Crippen LogP contribution in [0.3, 0.4) is 0 Å². The molecule has 1 aliphatic heterocycles. The predicted octanol–water partition coefficient (Wildman–Crippen LogP) is 0.477. The van der Waals surface area contributed by atoms with E-state index in [-0.39, 0.29) is 51.0 Å². The van der Waals surface area contributed by atoms with Crippen LogP contribution in [-0.2, 0) is 9.53 Å². The molecule has 7 heteroatoms. The van der Waals surface area contributed by atoms with Crippen molar-refractivity contribution >= 4 is 5.97 Å². The zero-order valence-corrected chi connectivity index (χ0v) is 29.7. The highest BCUT2D eigenvalue weighted by Crippen LogP contribution is 2.33. The van der Waals surface area contributed by atoms with Crippen LogP contribution in [0.1, 0.15) is 112 Å². The van der Waals surface area contributed by atoms with E-state index >= 15 is 0 Å². The summed E-state index contributed by atoms with van der Waals surface area (Å²) in [7, 11) is 9.37. The first-order chi connectivity index (χ1) is 16.6. The van der Waals surface area contributed by atoms with E-state index in [1.807, 2.05) is 0 Å². The molecule has 1 N–H and O–H groups in total. The van der Waals surface area contributed by atoms with Gasteiger partial charge in [0.05, 0.1) is 47.3 Å². The molecule has 0 bridgehead atoms. The van der Waals surface area contributed by atoms with E-state index in [2.05, 4.69) is 67.8 Å². The summed E-state index contributed by atoms with van der Waals surface area (Å²) in [5, 5.41) is 3.84. The van der Waals surface area contributed by atoms with E-state index in [1.165, 1.54) is 88.1 Å². The minimum Gasteiger partial charge on any atom is -1.00 e. The molecule has 0 aromatic heterocycles. The topological polar surface area (TPSA) is 38.3 Å². The number of piperidine rings is 1. The Balaban J connectivity index is 0. The van der Waals surface area contributed by atoms with Crippen molar-refractivity contribution in [3.05, 3.63) is 12.2 Å². The standard InChI is InChI=1S/C31H63N3O2.2BrH/c1-27(2)29(35)36-24-23-33(7,8)21-19-17-15-13-11-12-14-16-18-20-22-34(9,10)28-25-30(3,4)32-31(5,6)26-28;;/h28,32H,1,11-26H2,2-10H3;2*1H/q+2;;/p-2. The van der Waals surface area contributed by atoms with Crippen LogP contribution in [0.25, 0.3) is 0 Å². The van der Waals surface area contributed by atoms with E-state index in [1.54, 1.807) is 6.92 Å². The second-order valence-electron chi connectivity index (χ2n) is 14.3. The summed E-state index contributed by atoms with van der Waals surface area (Å²) in [6, 6.07) is 0.750. The van der Waals surface area contributed by atoms with Crippen LogP contribution in [0.15, 0.2) is 12.2 Å². The van der Waals surface area contributed by atoms with Gasteiger partial charge in [-0.1, -0.05) is 45.1 Å². The summed E-state index contributed by atoms with van der Waals surface area (Å²) in [4.78, 5) is 11.5. The lowest BCUT2D eigenvalue weighted by Crippen LogP contribution is -3.00. The Bertz CT molecular complexity index is 662. The van der Waals surface area contributed by atoms with Crippen LogP contribution in [0.5, 0.6) is 0 Å². The smallest absolute Gasteiger partial charge is 0.333 e. The molecule has 0 saturated carbocycles. The Labute approximate surface area is 258 Å². The normalized spacial score (nSPS) is 17.3. The van der Waals surface area contributed by atoms with Crippen molar-refractivity contribution in [1.82, 2.24) is 5.32 Å². The zero-order chi connectivity index (χ0) is 27.5. The lowest BCUT2D eigenvalue weighted by atomic mass is 9.78. The molecule has 0 spiro atoms. The number of esters is 1. The fourth-order valence-corrected chi connectivity index (χ4v) is 6.04. The third-order valence-corrected chi connectivity index (χ3v) is 8.18. The minimum atomic E-state index is -0.275. The maximum Gasteiger partial charge on any atom is 0.333 e. The van der Waals surface area contributed by atoms with Gasteiger partial charge < -0.3 is 53.0 Å². The van der Waals surface area contributed by atoms with Gasteiger partial charge in [0, 0.05) is 29.5 Å². The number of ether oxygens (including phenoxy) is 1. The molecule has 0 atom stereocenters.